The smallest absolute Gasteiger partial charge is 0.342 e. The summed E-state index contributed by atoms with van der Waals surface area (Å²) in [6.07, 6.45) is 0. The Bertz CT molecular complexity index is 453. The molecule has 3 N–H and O–H groups in total. The Morgan fingerprint density at radius 2 is 1.76 bits per heavy atom. The third-order valence-electron chi connectivity index (χ3n) is 2.93. The molecule has 1 aromatic rings. The SMILES string of the molecule is CC(C)C(CNc1n[nH]c(=O)[nH]c1=O)C(C)C. The molecule has 0 atom stereocenters. The maximum atomic E-state index is 11.4. The predicted molar refractivity (Wildman–Crippen MR) is 67.1 cm³/mol. The van der Waals surface area contributed by atoms with E-state index in [1.54, 1.807) is 0 Å². The van der Waals surface area contributed by atoms with Crippen LogP contribution in [-0.4, -0.2) is 21.7 Å². The number of aromatic amines is 2. The maximum absolute atomic E-state index is 11.4. The molecule has 1 rings (SSSR count). The zero-order chi connectivity index (χ0) is 13.0. The normalized spacial score (nSPS) is 11.5. The van der Waals surface area contributed by atoms with Crippen LogP contribution in [0.1, 0.15) is 27.7 Å². The molecule has 0 spiro atoms. The highest BCUT2D eigenvalue weighted by atomic mass is 16.2. The van der Waals surface area contributed by atoms with Crippen LogP contribution in [-0.2, 0) is 0 Å². The van der Waals surface area contributed by atoms with Gasteiger partial charge in [-0.15, -0.1) is 5.10 Å². The molecule has 1 heterocycles. The fourth-order valence-electron chi connectivity index (χ4n) is 1.92. The molecule has 0 radical (unpaired) electrons. The first kappa shape index (κ1) is 13.5. The van der Waals surface area contributed by atoms with E-state index >= 15 is 0 Å². The van der Waals surface area contributed by atoms with Crippen molar-refractivity contribution in [3.05, 3.63) is 20.8 Å². The number of anilines is 1. The van der Waals surface area contributed by atoms with E-state index in [9.17, 15) is 9.59 Å². The third kappa shape index (κ3) is 3.72. The van der Waals surface area contributed by atoms with E-state index in [1.807, 2.05) is 0 Å². The van der Waals surface area contributed by atoms with Crippen molar-refractivity contribution in [3.63, 3.8) is 0 Å². The summed E-state index contributed by atoms with van der Waals surface area (Å²) in [6, 6.07) is 0. The summed E-state index contributed by atoms with van der Waals surface area (Å²) in [7, 11) is 0. The van der Waals surface area contributed by atoms with Crippen molar-refractivity contribution in [2.24, 2.45) is 17.8 Å². The van der Waals surface area contributed by atoms with E-state index in [1.165, 1.54) is 0 Å². The van der Waals surface area contributed by atoms with E-state index in [0.717, 1.165) is 0 Å². The van der Waals surface area contributed by atoms with Gasteiger partial charge >= 0.3 is 5.69 Å². The van der Waals surface area contributed by atoms with Gasteiger partial charge in [0.2, 0.25) is 5.82 Å². The Balaban J connectivity index is 2.72. The summed E-state index contributed by atoms with van der Waals surface area (Å²) in [5.41, 5.74) is -1.08. The number of hydrogen-bond donors (Lipinski definition) is 3. The molecule has 96 valence electrons. The molecule has 0 aromatic carbocycles. The number of nitrogens with zero attached hydrogens (tertiary/aromatic N) is 1. The Morgan fingerprint density at radius 3 is 2.24 bits per heavy atom. The monoisotopic (exact) mass is 240 g/mol. The molecule has 0 fully saturated rings. The molecule has 0 bridgehead atoms. The van der Waals surface area contributed by atoms with Gasteiger partial charge in [-0.25, -0.2) is 9.89 Å². The van der Waals surface area contributed by atoms with E-state index in [0.29, 0.717) is 24.3 Å². The number of hydrogen-bond acceptors (Lipinski definition) is 4. The molecule has 6 heteroatoms. The Labute approximate surface area is 99.9 Å². The minimum Gasteiger partial charge on any atom is -0.364 e. The zero-order valence-electron chi connectivity index (χ0n) is 10.7. The number of nitrogens with one attached hydrogen (secondary N) is 3. The average Bonchev–Trinajstić information content (AvgIpc) is 2.20. The lowest BCUT2D eigenvalue weighted by Gasteiger charge is -2.24. The van der Waals surface area contributed by atoms with Gasteiger partial charge in [-0.2, -0.15) is 0 Å². The van der Waals surface area contributed by atoms with Crippen LogP contribution in [0.3, 0.4) is 0 Å². The summed E-state index contributed by atoms with van der Waals surface area (Å²) in [5, 5.41) is 8.85. The van der Waals surface area contributed by atoms with Gasteiger partial charge in [-0.05, 0) is 17.8 Å². The highest BCUT2D eigenvalue weighted by Gasteiger charge is 2.17. The molecule has 0 unspecified atom stereocenters. The molecule has 0 saturated heterocycles. The second-order valence-electron chi connectivity index (χ2n) is 4.89. The first-order chi connectivity index (χ1) is 7.91. The van der Waals surface area contributed by atoms with Crippen molar-refractivity contribution in [2.75, 3.05) is 11.9 Å². The van der Waals surface area contributed by atoms with Crippen molar-refractivity contribution < 1.29 is 0 Å². The third-order valence-corrected chi connectivity index (χ3v) is 2.93. The molecule has 0 saturated carbocycles. The molecule has 0 aliphatic heterocycles. The highest BCUT2D eigenvalue weighted by Crippen LogP contribution is 2.20. The van der Waals surface area contributed by atoms with Crippen LogP contribution in [0.15, 0.2) is 9.59 Å². The maximum Gasteiger partial charge on any atom is 0.342 e. The van der Waals surface area contributed by atoms with Gasteiger partial charge in [0.1, 0.15) is 0 Å². The Hall–Kier alpha value is -1.59. The summed E-state index contributed by atoms with van der Waals surface area (Å²) in [6.45, 7) is 9.26. The van der Waals surface area contributed by atoms with Gasteiger partial charge in [0, 0.05) is 6.54 Å². The number of rotatable bonds is 5. The molecule has 17 heavy (non-hydrogen) atoms. The van der Waals surface area contributed by atoms with Crippen LogP contribution in [0.4, 0.5) is 5.82 Å². The fraction of sp³-hybridized carbons (Fsp3) is 0.727. The van der Waals surface area contributed by atoms with Gasteiger partial charge in [-0.3, -0.25) is 9.78 Å². The van der Waals surface area contributed by atoms with E-state index in [-0.39, 0.29) is 5.82 Å². The van der Waals surface area contributed by atoms with Gasteiger partial charge in [0.25, 0.3) is 5.56 Å². The van der Waals surface area contributed by atoms with Crippen LogP contribution in [0.5, 0.6) is 0 Å². The quantitative estimate of drug-likeness (QED) is 0.710. The van der Waals surface area contributed by atoms with Crippen LogP contribution >= 0.6 is 0 Å². The minimum atomic E-state index is -0.593. The molecule has 6 nitrogen and oxygen atoms in total. The standard InChI is InChI=1S/C11H20N4O2/c1-6(2)8(7(3)4)5-12-9-10(16)13-11(17)15-14-9/h6-8H,5H2,1-4H3,(H,12,14)(H2,13,15,16,17). The van der Waals surface area contributed by atoms with Gasteiger partial charge in [-0.1, -0.05) is 27.7 Å². The Kier molecular flexibility index (Phi) is 4.48. The van der Waals surface area contributed by atoms with Gasteiger partial charge in [0.05, 0.1) is 0 Å². The largest absolute Gasteiger partial charge is 0.364 e. The van der Waals surface area contributed by atoms with Crippen molar-refractivity contribution >= 4 is 5.82 Å². The topological polar surface area (TPSA) is 90.6 Å². The first-order valence-electron chi connectivity index (χ1n) is 5.84. The minimum absolute atomic E-state index is 0.163. The Morgan fingerprint density at radius 1 is 1.18 bits per heavy atom. The number of aromatic nitrogens is 3. The molecular weight excluding hydrogens is 220 g/mol. The van der Waals surface area contributed by atoms with Gasteiger partial charge < -0.3 is 5.32 Å². The lowest BCUT2D eigenvalue weighted by atomic mass is 9.85. The fourth-order valence-corrected chi connectivity index (χ4v) is 1.92. The number of H-pyrrole nitrogens is 2. The summed E-state index contributed by atoms with van der Waals surface area (Å²) in [4.78, 5) is 24.3. The molecular formula is C11H20N4O2. The molecule has 0 amide bonds. The average molecular weight is 240 g/mol. The lowest BCUT2D eigenvalue weighted by molar-refractivity contribution is 0.304. The second-order valence-corrected chi connectivity index (χ2v) is 4.89. The predicted octanol–water partition coefficient (Wildman–Crippen LogP) is 0.798. The van der Waals surface area contributed by atoms with Crippen molar-refractivity contribution in [2.45, 2.75) is 27.7 Å². The van der Waals surface area contributed by atoms with Crippen molar-refractivity contribution in [3.8, 4) is 0 Å². The summed E-state index contributed by atoms with van der Waals surface area (Å²) >= 11 is 0. The van der Waals surface area contributed by atoms with E-state index in [2.05, 4.69) is 48.2 Å². The van der Waals surface area contributed by atoms with Crippen LogP contribution < -0.4 is 16.6 Å². The van der Waals surface area contributed by atoms with Gasteiger partial charge in [0.15, 0.2) is 0 Å². The van der Waals surface area contributed by atoms with Crippen molar-refractivity contribution in [1.29, 1.82) is 0 Å². The zero-order valence-corrected chi connectivity index (χ0v) is 10.7. The van der Waals surface area contributed by atoms with Crippen LogP contribution in [0.2, 0.25) is 0 Å². The summed E-state index contributed by atoms with van der Waals surface area (Å²) in [5.74, 6) is 1.65. The van der Waals surface area contributed by atoms with E-state index in [4.69, 9.17) is 0 Å². The van der Waals surface area contributed by atoms with Crippen molar-refractivity contribution in [1.82, 2.24) is 15.2 Å². The molecule has 0 aliphatic rings. The molecule has 1 aromatic heterocycles. The summed E-state index contributed by atoms with van der Waals surface area (Å²) < 4.78 is 0. The lowest BCUT2D eigenvalue weighted by Crippen LogP contribution is -2.31. The highest BCUT2D eigenvalue weighted by molar-refractivity contribution is 5.28. The van der Waals surface area contributed by atoms with Crippen LogP contribution in [0.25, 0.3) is 0 Å². The first-order valence-corrected chi connectivity index (χ1v) is 5.84. The van der Waals surface area contributed by atoms with Crippen LogP contribution in [0, 0.1) is 17.8 Å². The molecule has 0 aliphatic carbocycles. The second kappa shape index (κ2) is 5.65. The van der Waals surface area contributed by atoms with E-state index < -0.39 is 11.2 Å².